The highest BCUT2D eigenvalue weighted by atomic mass is 16.4. The maximum absolute atomic E-state index is 6.29. The normalized spacial score (nSPS) is 15.7. The van der Waals surface area contributed by atoms with E-state index in [2.05, 4.69) is 52.4 Å². The second kappa shape index (κ2) is 10.2. The Kier molecular flexibility index (Phi) is 6.87. The van der Waals surface area contributed by atoms with Crippen LogP contribution in [0.5, 0.6) is 0 Å². The number of nitrogens with zero attached hydrogens (tertiary/aromatic N) is 4. The highest BCUT2D eigenvalue weighted by Gasteiger charge is 2.22. The average Bonchev–Trinajstić information content (AvgIpc) is 3.25. The van der Waals surface area contributed by atoms with Crippen molar-refractivity contribution in [3.63, 3.8) is 0 Å². The van der Waals surface area contributed by atoms with Crippen LogP contribution in [0, 0.1) is 0 Å². The van der Waals surface area contributed by atoms with E-state index in [0.29, 0.717) is 6.54 Å². The summed E-state index contributed by atoms with van der Waals surface area (Å²) in [4.78, 5) is 13.8. The summed E-state index contributed by atoms with van der Waals surface area (Å²) in [7, 11) is 0. The zero-order valence-corrected chi connectivity index (χ0v) is 17.8. The van der Waals surface area contributed by atoms with Crippen molar-refractivity contribution in [2.75, 3.05) is 32.7 Å². The van der Waals surface area contributed by atoms with Gasteiger partial charge in [0.1, 0.15) is 5.69 Å². The quantitative estimate of drug-likeness (QED) is 0.390. The summed E-state index contributed by atoms with van der Waals surface area (Å²) in [5.74, 6) is 1.59. The minimum atomic E-state index is 0.704. The van der Waals surface area contributed by atoms with E-state index in [0.717, 1.165) is 66.9 Å². The molecule has 0 unspecified atom stereocenters. The van der Waals surface area contributed by atoms with Crippen LogP contribution in [0.25, 0.3) is 22.6 Å². The Balaban J connectivity index is 1.47. The molecule has 0 N–H and O–H groups in total. The number of aromatic nitrogens is 1. The van der Waals surface area contributed by atoms with Gasteiger partial charge in [0, 0.05) is 43.9 Å². The molecule has 5 heteroatoms. The van der Waals surface area contributed by atoms with Gasteiger partial charge < -0.3 is 4.42 Å². The zero-order valence-electron chi connectivity index (χ0n) is 17.8. The van der Waals surface area contributed by atoms with Gasteiger partial charge in [-0.1, -0.05) is 73.3 Å². The van der Waals surface area contributed by atoms with Gasteiger partial charge in [0.05, 0.1) is 12.2 Å². The first-order chi connectivity index (χ1) is 15.3. The number of hydrogen-bond donors (Lipinski definition) is 0. The van der Waals surface area contributed by atoms with Crippen LogP contribution >= 0.6 is 0 Å². The topological polar surface area (TPSA) is 44.9 Å². The van der Waals surface area contributed by atoms with Gasteiger partial charge in [-0.05, 0) is 12.8 Å². The number of oxazole rings is 1. The first-order valence-corrected chi connectivity index (χ1v) is 10.6. The maximum Gasteiger partial charge on any atom is 0.209 e. The molecule has 1 fully saturated rings. The van der Waals surface area contributed by atoms with Crippen molar-refractivity contribution in [3.05, 3.63) is 91.0 Å². The number of allylic oxidation sites excluding steroid dienone is 2. The van der Waals surface area contributed by atoms with Crippen LogP contribution in [0.1, 0.15) is 5.89 Å². The highest BCUT2D eigenvalue weighted by molar-refractivity contribution is 5.76. The summed E-state index contributed by atoms with van der Waals surface area (Å²) in [6.45, 7) is 12.8. The molecule has 5 nitrogen and oxygen atoms in total. The second-order valence-corrected chi connectivity index (χ2v) is 7.62. The molecule has 1 saturated heterocycles. The molecule has 0 radical (unpaired) electrons. The lowest BCUT2D eigenvalue weighted by Crippen LogP contribution is -2.46. The summed E-state index contributed by atoms with van der Waals surface area (Å²) in [6.07, 6.45) is 3.68. The third-order valence-corrected chi connectivity index (χ3v) is 5.48. The van der Waals surface area contributed by atoms with Crippen molar-refractivity contribution < 1.29 is 4.42 Å². The molecule has 0 atom stereocenters. The fourth-order valence-electron chi connectivity index (χ4n) is 3.83. The summed E-state index contributed by atoms with van der Waals surface area (Å²) in [6, 6.07) is 20.4. The molecule has 0 amide bonds. The minimum absolute atomic E-state index is 0.704. The molecule has 0 aliphatic carbocycles. The van der Waals surface area contributed by atoms with E-state index in [1.807, 2.05) is 42.5 Å². The summed E-state index contributed by atoms with van der Waals surface area (Å²) >= 11 is 0. The molecule has 1 aromatic heterocycles. The van der Waals surface area contributed by atoms with Gasteiger partial charge in [-0.3, -0.25) is 14.8 Å². The summed E-state index contributed by atoms with van der Waals surface area (Å²) in [5.41, 5.74) is 3.97. The fraction of sp³-hybridized carbons (Fsp3) is 0.231. The van der Waals surface area contributed by atoms with Gasteiger partial charge in [0.2, 0.25) is 5.89 Å². The fourth-order valence-corrected chi connectivity index (χ4v) is 3.83. The van der Waals surface area contributed by atoms with Gasteiger partial charge in [0.25, 0.3) is 0 Å². The SMILES string of the molecule is C=C/C=C(/CN1CCN(Cc2nc(-c3ccccc3)c(-c3ccccc3)o2)CC1)N=C. The molecule has 2 aromatic carbocycles. The predicted octanol–water partition coefficient (Wildman–Crippen LogP) is 4.90. The monoisotopic (exact) mass is 412 g/mol. The van der Waals surface area contributed by atoms with E-state index in [-0.39, 0.29) is 0 Å². The Morgan fingerprint density at radius 3 is 2.16 bits per heavy atom. The minimum Gasteiger partial charge on any atom is -0.439 e. The first-order valence-electron chi connectivity index (χ1n) is 10.6. The molecule has 0 bridgehead atoms. The van der Waals surface area contributed by atoms with E-state index in [9.17, 15) is 0 Å². The van der Waals surface area contributed by atoms with Crippen molar-refractivity contribution >= 4 is 6.72 Å². The lowest BCUT2D eigenvalue weighted by atomic mass is 10.1. The number of hydrogen-bond acceptors (Lipinski definition) is 5. The predicted molar refractivity (Wildman–Crippen MR) is 127 cm³/mol. The van der Waals surface area contributed by atoms with Crippen molar-refractivity contribution in [3.8, 4) is 22.6 Å². The summed E-state index contributed by atoms with van der Waals surface area (Å²) in [5, 5.41) is 0. The van der Waals surface area contributed by atoms with Crippen LogP contribution in [0.2, 0.25) is 0 Å². The highest BCUT2D eigenvalue weighted by Crippen LogP contribution is 2.32. The molecule has 4 rings (SSSR count). The third-order valence-electron chi connectivity index (χ3n) is 5.48. The molecule has 1 aliphatic heterocycles. The second-order valence-electron chi connectivity index (χ2n) is 7.62. The van der Waals surface area contributed by atoms with Crippen molar-refractivity contribution in [1.82, 2.24) is 14.8 Å². The number of piperazine rings is 1. The molecular formula is C26H28N4O. The van der Waals surface area contributed by atoms with Crippen LogP contribution in [-0.2, 0) is 6.54 Å². The number of aliphatic imine (C=N–C) groups is 1. The standard InChI is InChI=1S/C26H28N4O/c1-3-10-23(27-2)19-29-15-17-30(18-16-29)20-24-28-25(21-11-6-4-7-12-21)26(31-24)22-13-8-5-9-14-22/h3-14H,1-2,15-20H2/b23-10-. The molecule has 0 saturated carbocycles. The van der Waals surface area contributed by atoms with E-state index < -0.39 is 0 Å². The Labute approximate surface area is 184 Å². The molecule has 158 valence electrons. The van der Waals surface area contributed by atoms with Gasteiger partial charge in [0.15, 0.2) is 5.76 Å². The Morgan fingerprint density at radius 1 is 0.935 bits per heavy atom. The average molecular weight is 413 g/mol. The molecule has 2 heterocycles. The van der Waals surface area contributed by atoms with Gasteiger partial charge in [-0.15, -0.1) is 0 Å². The molecule has 31 heavy (non-hydrogen) atoms. The van der Waals surface area contributed by atoms with Crippen LogP contribution in [0.15, 0.2) is 94.5 Å². The Bertz CT molecular complexity index is 975. The van der Waals surface area contributed by atoms with E-state index >= 15 is 0 Å². The largest absolute Gasteiger partial charge is 0.439 e. The zero-order chi connectivity index (χ0) is 21.5. The molecule has 3 aromatic rings. The van der Waals surface area contributed by atoms with Crippen LogP contribution in [0.4, 0.5) is 0 Å². The first kappa shape index (κ1) is 21.0. The van der Waals surface area contributed by atoms with Gasteiger partial charge in [-0.2, -0.15) is 0 Å². The number of rotatable bonds is 8. The van der Waals surface area contributed by atoms with Crippen LogP contribution < -0.4 is 0 Å². The van der Waals surface area contributed by atoms with E-state index in [1.165, 1.54) is 0 Å². The lowest BCUT2D eigenvalue weighted by Gasteiger charge is -2.33. The van der Waals surface area contributed by atoms with E-state index in [1.54, 1.807) is 6.08 Å². The van der Waals surface area contributed by atoms with Crippen LogP contribution in [0.3, 0.4) is 0 Å². The Morgan fingerprint density at radius 2 is 1.55 bits per heavy atom. The smallest absolute Gasteiger partial charge is 0.209 e. The lowest BCUT2D eigenvalue weighted by molar-refractivity contribution is 0.126. The molecular weight excluding hydrogens is 384 g/mol. The van der Waals surface area contributed by atoms with Gasteiger partial charge >= 0.3 is 0 Å². The van der Waals surface area contributed by atoms with Crippen molar-refractivity contribution in [2.24, 2.45) is 4.99 Å². The van der Waals surface area contributed by atoms with E-state index in [4.69, 9.17) is 9.40 Å². The van der Waals surface area contributed by atoms with Crippen molar-refractivity contribution in [1.29, 1.82) is 0 Å². The van der Waals surface area contributed by atoms with Crippen LogP contribution in [-0.4, -0.2) is 54.2 Å². The third kappa shape index (κ3) is 5.26. The number of benzene rings is 2. The van der Waals surface area contributed by atoms with Crippen molar-refractivity contribution in [2.45, 2.75) is 6.54 Å². The maximum atomic E-state index is 6.29. The van der Waals surface area contributed by atoms with Gasteiger partial charge in [-0.25, -0.2) is 4.98 Å². The molecule has 0 spiro atoms. The summed E-state index contributed by atoms with van der Waals surface area (Å²) < 4.78 is 6.29. The molecule has 1 aliphatic rings. The Hall–Kier alpha value is -3.28.